The molecule has 1 unspecified atom stereocenters. The highest BCUT2D eigenvalue weighted by molar-refractivity contribution is 14.1. The van der Waals surface area contributed by atoms with Gasteiger partial charge in [0.25, 0.3) is 0 Å². The molecule has 0 spiro atoms. The van der Waals surface area contributed by atoms with Crippen molar-refractivity contribution in [2.45, 2.75) is 19.4 Å². The molecule has 0 aromatic heterocycles. The minimum absolute atomic E-state index is 0.612. The molecule has 1 aromatic carbocycles. The molecule has 80 valence electrons. The van der Waals surface area contributed by atoms with Gasteiger partial charge in [-0.05, 0) is 41.2 Å². The Balaban J connectivity index is 2.32. The molecular weight excluding hydrogens is 303 g/mol. The average molecular weight is 316 g/mol. The molecule has 1 heterocycles. The maximum Gasteiger partial charge on any atom is 0.137 e. The number of halogens is 1. The van der Waals surface area contributed by atoms with E-state index in [9.17, 15) is 5.11 Å². The highest BCUT2D eigenvalue weighted by atomic mass is 127. The van der Waals surface area contributed by atoms with Crippen LogP contribution in [0.4, 0.5) is 0 Å². The summed E-state index contributed by atoms with van der Waals surface area (Å²) >= 11 is 2.26. The van der Waals surface area contributed by atoms with Crippen LogP contribution < -0.4 is 0 Å². The molecule has 1 aromatic rings. The summed E-state index contributed by atoms with van der Waals surface area (Å²) in [6.07, 6.45) is 2.25. The number of aryl methyl sites for hydroxylation is 1. The molecule has 0 bridgehead atoms. The second-order valence-electron chi connectivity index (χ2n) is 3.62. The van der Waals surface area contributed by atoms with E-state index in [0.717, 1.165) is 15.6 Å². The van der Waals surface area contributed by atoms with E-state index in [2.05, 4.69) is 22.6 Å². The molecule has 1 atom stereocenters. The molecule has 1 aliphatic rings. The van der Waals surface area contributed by atoms with Crippen LogP contribution in [0.5, 0.6) is 0 Å². The van der Waals surface area contributed by atoms with E-state index >= 15 is 0 Å². The summed E-state index contributed by atoms with van der Waals surface area (Å²) in [6.45, 7) is 2.73. The number of aliphatic hydroxyl groups is 1. The Kier molecular flexibility index (Phi) is 3.31. The smallest absolute Gasteiger partial charge is 0.137 e. The van der Waals surface area contributed by atoms with Crippen LogP contribution in [0, 0.1) is 10.5 Å². The lowest BCUT2D eigenvalue weighted by molar-refractivity contribution is 0.118. The third-order valence-corrected chi connectivity index (χ3v) is 3.99. The Morgan fingerprint density at radius 2 is 2.27 bits per heavy atom. The van der Waals surface area contributed by atoms with E-state index in [4.69, 9.17) is 4.74 Å². The van der Waals surface area contributed by atoms with Crippen molar-refractivity contribution in [1.29, 1.82) is 0 Å². The van der Waals surface area contributed by atoms with Gasteiger partial charge in [0.2, 0.25) is 0 Å². The predicted octanol–water partition coefficient (Wildman–Crippen LogP) is 2.94. The zero-order valence-corrected chi connectivity index (χ0v) is 10.7. The maximum absolute atomic E-state index is 10.1. The van der Waals surface area contributed by atoms with Crippen molar-refractivity contribution in [3.8, 4) is 0 Å². The Hall–Kier alpha value is -0.550. The van der Waals surface area contributed by atoms with Gasteiger partial charge in [-0.2, -0.15) is 0 Å². The number of benzene rings is 1. The Morgan fingerprint density at radius 1 is 1.47 bits per heavy atom. The molecule has 2 nitrogen and oxygen atoms in total. The van der Waals surface area contributed by atoms with Crippen molar-refractivity contribution in [2.24, 2.45) is 0 Å². The molecule has 0 saturated heterocycles. The average Bonchev–Trinajstić information content (AvgIpc) is 2.74. The fourth-order valence-electron chi connectivity index (χ4n) is 1.66. The summed E-state index contributed by atoms with van der Waals surface area (Å²) in [4.78, 5) is 0. The summed E-state index contributed by atoms with van der Waals surface area (Å²) < 4.78 is 6.48. The van der Waals surface area contributed by atoms with Gasteiger partial charge >= 0.3 is 0 Å². The summed E-state index contributed by atoms with van der Waals surface area (Å²) in [7, 11) is 0. The monoisotopic (exact) mass is 316 g/mol. The standard InChI is InChI=1S/C12H13IO2/c1-8-4-2-5-9(11(8)13)12(14)10-6-3-7-15-10/h2,4-6,12,14H,3,7H2,1H3. The number of ether oxygens (including phenoxy) is 1. The molecule has 2 rings (SSSR count). The molecular formula is C12H13IO2. The number of aliphatic hydroxyl groups excluding tert-OH is 1. The van der Waals surface area contributed by atoms with Gasteiger partial charge in [0, 0.05) is 15.6 Å². The van der Waals surface area contributed by atoms with Crippen molar-refractivity contribution < 1.29 is 9.84 Å². The predicted molar refractivity (Wildman–Crippen MR) is 67.5 cm³/mol. The highest BCUT2D eigenvalue weighted by Gasteiger charge is 2.20. The summed E-state index contributed by atoms with van der Waals surface area (Å²) in [6, 6.07) is 5.95. The van der Waals surface area contributed by atoms with Crippen molar-refractivity contribution >= 4 is 22.6 Å². The fourth-order valence-corrected chi connectivity index (χ4v) is 2.32. The van der Waals surface area contributed by atoms with Gasteiger partial charge in [0.15, 0.2) is 0 Å². The minimum Gasteiger partial charge on any atom is -0.495 e. The quantitative estimate of drug-likeness (QED) is 0.850. The zero-order valence-electron chi connectivity index (χ0n) is 8.53. The second-order valence-corrected chi connectivity index (χ2v) is 4.70. The molecule has 0 aliphatic carbocycles. The van der Waals surface area contributed by atoms with Gasteiger partial charge < -0.3 is 9.84 Å². The first-order valence-electron chi connectivity index (χ1n) is 4.96. The van der Waals surface area contributed by atoms with Crippen LogP contribution in [-0.4, -0.2) is 11.7 Å². The normalized spacial score (nSPS) is 17.1. The minimum atomic E-state index is -0.612. The number of hydrogen-bond donors (Lipinski definition) is 1. The molecule has 0 saturated carbocycles. The van der Waals surface area contributed by atoms with E-state index in [1.54, 1.807) is 0 Å². The van der Waals surface area contributed by atoms with Crippen LogP contribution in [0.1, 0.15) is 23.7 Å². The van der Waals surface area contributed by atoms with E-state index in [-0.39, 0.29) is 0 Å². The molecule has 3 heteroatoms. The summed E-state index contributed by atoms with van der Waals surface area (Å²) in [5.74, 6) is 0.693. The zero-order chi connectivity index (χ0) is 10.8. The van der Waals surface area contributed by atoms with Crippen molar-refractivity contribution in [2.75, 3.05) is 6.61 Å². The number of rotatable bonds is 2. The Morgan fingerprint density at radius 3 is 2.93 bits per heavy atom. The SMILES string of the molecule is Cc1cccc(C(O)C2=CCCO2)c1I. The molecule has 0 amide bonds. The van der Waals surface area contributed by atoms with Gasteiger partial charge in [0.05, 0.1) is 6.61 Å². The van der Waals surface area contributed by atoms with Gasteiger partial charge in [-0.15, -0.1) is 0 Å². The van der Waals surface area contributed by atoms with Crippen molar-refractivity contribution in [3.05, 3.63) is 44.7 Å². The lowest BCUT2D eigenvalue weighted by Crippen LogP contribution is -2.05. The second kappa shape index (κ2) is 4.53. The van der Waals surface area contributed by atoms with Gasteiger partial charge in [-0.1, -0.05) is 18.2 Å². The first-order chi connectivity index (χ1) is 7.20. The van der Waals surface area contributed by atoms with E-state index in [1.165, 1.54) is 5.56 Å². The van der Waals surface area contributed by atoms with Gasteiger partial charge in [-0.25, -0.2) is 0 Å². The summed E-state index contributed by atoms with van der Waals surface area (Å²) in [5.41, 5.74) is 2.12. The van der Waals surface area contributed by atoms with Crippen LogP contribution in [0.15, 0.2) is 30.0 Å². The Labute approximate surface area is 103 Å². The third-order valence-electron chi connectivity index (χ3n) is 2.52. The third kappa shape index (κ3) is 2.18. The molecule has 0 fully saturated rings. The highest BCUT2D eigenvalue weighted by Crippen LogP contribution is 2.30. The van der Waals surface area contributed by atoms with Gasteiger partial charge in [-0.3, -0.25) is 0 Å². The van der Waals surface area contributed by atoms with Crippen LogP contribution in [-0.2, 0) is 4.74 Å². The lowest BCUT2D eigenvalue weighted by Gasteiger charge is -2.15. The largest absolute Gasteiger partial charge is 0.495 e. The molecule has 1 aliphatic heterocycles. The van der Waals surface area contributed by atoms with Crippen LogP contribution >= 0.6 is 22.6 Å². The van der Waals surface area contributed by atoms with Crippen LogP contribution in [0.25, 0.3) is 0 Å². The van der Waals surface area contributed by atoms with Crippen LogP contribution in [0.3, 0.4) is 0 Å². The number of hydrogen-bond acceptors (Lipinski definition) is 2. The van der Waals surface area contributed by atoms with Gasteiger partial charge in [0.1, 0.15) is 11.9 Å². The molecule has 15 heavy (non-hydrogen) atoms. The molecule has 0 radical (unpaired) electrons. The van der Waals surface area contributed by atoms with Crippen molar-refractivity contribution in [3.63, 3.8) is 0 Å². The maximum atomic E-state index is 10.1. The van der Waals surface area contributed by atoms with E-state index in [0.29, 0.717) is 12.4 Å². The van der Waals surface area contributed by atoms with Crippen molar-refractivity contribution in [1.82, 2.24) is 0 Å². The fraction of sp³-hybridized carbons (Fsp3) is 0.333. The lowest BCUT2D eigenvalue weighted by atomic mass is 10.1. The first kappa shape index (κ1) is 11.0. The molecule has 1 N–H and O–H groups in total. The van der Waals surface area contributed by atoms with E-state index in [1.807, 2.05) is 31.2 Å². The van der Waals surface area contributed by atoms with Crippen LogP contribution in [0.2, 0.25) is 0 Å². The Bertz CT molecular complexity index is 399. The topological polar surface area (TPSA) is 29.5 Å². The first-order valence-corrected chi connectivity index (χ1v) is 6.04. The summed E-state index contributed by atoms with van der Waals surface area (Å²) in [5, 5.41) is 10.1. The van der Waals surface area contributed by atoms with E-state index < -0.39 is 6.10 Å².